The highest BCUT2D eigenvalue weighted by Gasteiger charge is 2.64. The predicted molar refractivity (Wildman–Crippen MR) is 91.7 cm³/mol. The Morgan fingerprint density at radius 3 is 3.08 bits per heavy atom. The average Bonchev–Trinajstić information content (AvgIpc) is 2.95. The van der Waals surface area contributed by atoms with E-state index in [1.165, 1.54) is 17.9 Å². The highest BCUT2D eigenvalue weighted by molar-refractivity contribution is 6.08. The Kier molecular flexibility index (Phi) is 3.10. The Morgan fingerprint density at radius 1 is 1.48 bits per heavy atom. The molecule has 0 unspecified atom stereocenters. The van der Waals surface area contributed by atoms with Crippen LogP contribution < -0.4 is 5.06 Å². The lowest BCUT2D eigenvalue weighted by Crippen LogP contribution is -2.51. The van der Waals surface area contributed by atoms with Crippen LogP contribution in [0.1, 0.15) is 31.7 Å². The van der Waals surface area contributed by atoms with Gasteiger partial charge in [-0.2, -0.15) is 5.06 Å². The number of ether oxygens (including phenoxy) is 1. The van der Waals surface area contributed by atoms with Crippen molar-refractivity contribution in [3.63, 3.8) is 0 Å². The monoisotopic (exact) mass is 342 g/mol. The molecule has 4 aliphatic heterocycles. The molecule has 6 nitrogen and oxygen atoms in total. The first kappa shape index (κ1) is 15.3. The average molecular weight is 342 g/mol. The number of hydrogen-bond donors (Lipinski definition) is 1. The molecule has 4 bridgehead atoms. The smallest absolute Gasteiger partial charge is 0.264 e. The number of phenols is 1. The lowest BCUT2D eigenvalue weighted by Gasteiger charge is -2.38. The minimum absolute atomic E-state index is 0.0953. The van der Waals surface area contributed by atoms with Gasteiger partial charge in [0.05, 0.1) is 31.5 Å². The zero-order valence-corrected chi connectivity index (χ0v) is 14.4. The van der Waals surface area contributed by atoms with Gasteiger partial charge in [0.25, 0.3) is 5.91 Å². The van der Waals surface area contributed by atoms with E-state index in [1.54, 1.807) is 12.1 Å². The number of amides is 1. The zero-order valence-electron chi connectivity index (χ0n) is 14.4. The summed E-state index contributed by atoms with van der Waals surface area (Å²) < 4.78 is 6.22. The molecule has 1 aromatic rings. The van der Waals surface area contributed by atoms with E-state index in [0.29, 0.717) is 30.6 Å². The summed E-state index contributed by atoms with van der Waals surface area (Å²) in [6, 6.07) is 5.21. The Morgan fingerprint density at radius 2 is 2.32 bits per heavy atom. The number of hydroxylamine groups is 1. The van der Waals surface area contributed by atoms with Crippen molar-refractivity contribution in [1.29, 1.82) is 0 Å². The molecule has 1 aromatic carbocycles. The Balaban J connectivity index is 1.69. The van der Waals surface area contributed by atoms with Crippen molar-refractivity contribution in [2.75, 3.05) is 18.8 Å². The van der Waals surface area contributed by atoms with E-state index >= 15 is 0 Å². The lowest BCUT2D eigenvalue weighted by molar-refractivity contribution is -0.137. The fourth-order valence-electron chi connectivity index (χ4n) is 5.50. The minimum atomic E-state index is -0.768. The predicted octanol–water partition coefficient (Wildman–Crippen LogP) is 2.20. The van der Waals surface area contributed by atoms with E-state index in [0.717, 1.165) is 18.4 Å². The number of anilines is 1. The number of benzene rings is 1. The second-order valence-corrected chi connectivity index (χ2v) is 7.53. The van der Waals surface area contributed by atoms with Crippen LogP contribution in [0.5, 0.6) is 5.75 Å². The van der Waals surface area contributed by atoms with Crippen LogP contribution in [0.2, 0.25) is 0 Å². The van der Waals surface area contributed by atoms with Gasteiger partial charge in [0.15, 0.2) is 0 Å². The topological polar surface area (TPSA) is 71.4 Å². The molecule has 2 saturated heterocycles. The van der Waals surface area contributed by atoms with Crippen LogP contribution in [-0.2, 0) is 19.8 Å². The van der Waals surface area contributed by atoms with Crippen molar-refractivity contribution in [3.05, 3.63) is 23.8 Å². The second-order valence-electron chi connectivity index (χ2n) is 7.53. The van der Waals surface area contributed by atoms with Gasteiger partial charge in [0.2, 0.25) is 0 Å². The molecule has 25 heavy (non-hydrogen) atoms. The third kappa shape index (κ3) is 1.76. The molecule has 0 aromatic heterocycles. The van der Waals surface area contributed by atoms with Gasteiger partial charge >= 0.3 is 0 Å². The summed E-state index contributed by atoms with van der Waals surface area (Å²) in [5.74, 6) is 0.841. The van der Waals surface area contributed by atoms with Gasteiger partial charge in [-0.05, 0) is 30.9 Å². The van der Waals surface area contributed by atoms with Crippen molar-refractivity contribution in [2.24, 2.45) is 16.8 Å². The van der Waals surface area contributed by atoms with E-state index < -0.39 is 5.41 Å². The van der Waals surface area contributed by atoms with Gasteiger partial charge in [-0.15, -0.1) is 0 Å². The Hall–Kier alpha value is -1.92. The van der Waals surface area contributed by atoms with Gasteiger partial charge in [-0.3, -0.25) is 14.6 Å². The first-order valence-electron chi connectivity index (χ1n) is 9.00. The third-order valence-electron chi connectivity index (χ3n) is 6.60. The molecule has 5 aliphatic rings. The number of aromatic hydroxyl groups is 1. The summed E-state index contributed by atoms with van der Waals surface area (Å²) in [6.45, 7) is 2.83. The number of nitrogens with zero attached hydrogens (tertiary/aromatic N) is 2. The lowest BCUT2D eigenvalue weighted by atomic mass is 9.71. The first-order chi connectivity index (χ1) is 12.1. The number of fused-ring (bicyclic) bond motifs is 2. The molecular formula is C19H22N2O4. The van der Waals surface area contributed by atoms with Crippen LogP contribution in [0, 0.1) is 11.8 Å². The molecule has 1 amide bonds. The number of carbonyl (C=O) groups excluding carboxylic acids is 1. The molecule has 3 fully saturated rings. The molecule has 6 rings (SSSR count). The summed E-state index contributed by atoms with van der Waals surface area (Å²) in [7, 11) is 1.49. The maximum atomic E-state index is 13.4. The van der Waals surface area contributed by atoms with Crippen LogP contribution in [0.25, 0.3) is 0 Å². The molecule has 1 aliphatic carbocycles. The van der Waals surface area contributed by atoms with Gasteiger partial charge in [-0.25, -0.2) is 0 Å². The quantitative estimate of drug-likeness (QED) is 0.894. The van der Waals surface area contributed by atoms with E-state index in [2.05, 4.69) is 6.92 Å². The van der Waals surface area contributed by atoms with Crippen molar-refractivity contribution in [1.82, 2.24) is 0 Å². The number of aliphatic imine (C=N–C) groups is 1. The number of carbonyl (C=O) groups is 1. The summed E-state index contributed by atoms with van der Waals surface area (Å²) in [5, 5.41) is 11.2. The molecule has 5 atom stereocenters. The second kappa shape index (κ2) is 5.05. The van der Waals surface area contributed by atoms with Crippen molar-refractivity contribution in [3.8, 4) is 5.75 Å². The molecule has 4 heterocycles. The molecule has 1 spiro atoms. The fraction of sp³-hybridized carbons (Fsp3) is 0.579. The van der Waals surface area contributed by atoms with Crippen LogP contribution in [0.15, 0.2) is 23.2 Å². The van der Waals surface area contributed by atoms with Crippen LogP contribution in [0.3, 0.4) is 0 Å². The number of rotatable bonds is 2. The molecule has 132 valence electrons. The number of hydrogen-bond acceptors (Lipinski definition) is 5. The largest absolute Gasteiger partial charge is 0.508 e. The van der Waals surface area contributed by atoms with Gasteiger partial charge in [-0.1, -0.05) is 13.0 Å². The standard InChI is InChI=1S/C19H22N2O4/c1-3-14-11-7-17-19(8-15(20-14)12(11)9-25-17)13-5-4-10(22)6-16(13)21(24-2)18(19)23/h4-6,11-12,15,17,22H,3,7-9H2,1-2H3/t11-,12+,15+,17-,19+/m1/s1. The molecule has 1 saturated carbocycles. The van der Waals surface area contributed by atoms with Gasteiger partial charge < -0.3 is 9.84 Å². The van der Waals surface area contributed by atoms with Crippen LogP contribution >= 0.6 is 0 Å². The number of phenolic OH excluding ortho intramolecular Hbond substituents is 1. The molecule has 6 heteroatoms. The normalized spacial score (nSPS) is 38.2. The highest BCUT2D eigenvalue weighted by Crippen LogP contribution is 2.57. The summed E-state index contributed by atoms with van der Waals surface area (Å²) >= 11 is 0. The maximum absolute atomic E-state index is 13.4. The van der Waals surface area contributed by atoms with E-state index in [9.17, 15) is 9.90 Å². The highest BCUT2D eigenvalue weighted by atomic mass is 16.7. The summed E-state index contributed by atoms with van der Waals surface area (Å²) in [5.41, 5.74) is 2.04. The van der Waals surface area contributed by atoms with E-state index in [4.69, 9.17) is 14.6 Å². The van der Waals surface area contributed by atoms with Crippen molar-refractivity contribution >= 4 is 17.3 Å². The summed E-state index contributed by atoms with van der Waals surface area (Å²) in [4.78, 5) is 23.8. The minimum Gasteiger partial charge on any atom is -0.508 e. The fourth-order valence-corrected chi connectivity index (χ4v) is 5.50. The van der Waals surface area contributed by atoms with Crippen LogP contribution in [0.4, 0.5) is 5.69 Å². The SMILES string of the molecule is CCC1=N[C@H]2C[C@@]3(C(=O)N(OC)c4cc(O)ccc43)[C@H]3C[C@@H]1[C@@H]2CO3. The molecule has 0 radical (unpaired) electrons. The Labute approximate surface area is 146 Å². The molecular weight excluding hydrogens is 320 g/mol. The van der Waals surface area contributed by atoms with Gasteiger partial charge in [0.1, 0.15) is 11.2 Å². The first-order valence-corrected chi connectivity index (χ1v) is 9.00. The van der Waals surface area contributed by atoms with E-state index in [-0.39, 0.29) is 23.8 Å². The Bertz CT molecular complexity index is 792. The van der Waals surface area contributed by atoms with E-state index in [1.807, 2.05) is 6.07 Å². The third-order valence-corrected chi connectivity index (χ3v) is 6.60. The summed E-state index contributed by atoms with van der Waals surface area (Å²) in [6.07, 6.45) is 2.28. The van der Waals surface area contributed by atoms with Crippen molar-refractivity contribution < 1.29 is 19.5 Å². The zero-order chi connectivity index (χ0) is 17.3. The van der Waals surface area contributed by atoms with Crippen LogP contribution in [-0.4, -0.2) is 42.6 Å². The molecule has 1 N–H and O–H groups in total. The maximum Gasteiger partial charge on any atom is 0.264 e. The van der Waals surface area contributed by atoms with Crippen molar-refractivity contribution in [2.45, 2.75) is 43.7 Å². The van der Waals surface area contributed by atoms with Gasteiger partial charge in [0, 0.05) is 23.6 Å².